The van der Waals surface area contributed by atoms with E-state index in [2.05, 4.69) is 11.8 Å². The maximum atomic E-state index is 5.97. The molecular weight excluding hydrogens is 264 g/mol. The maximum absolute atomic E-state index is 5.97. The molecule has 0 aromatic heterocycles. The second-order valence-corrected chi connectivity index (χ2v) is 5.75. The third kappa shape index (κ3) is 4.61. The minimum absolute atomic E-state index is 0.450. The van der Waals surface area contributed by atoms with Crippen LogP contribution in [0.5, 0.6) is 11.5 Å². The van der Waals surface area contributed by atoms with Gasteiger partial charge in [0.15, 0.2) is 0 Å². The Labute approximate surface area is 128 Å². The van der Waals surface area contributed by atoms with Gasteiger partial charge in [-0.1, -0.05) is 6.92 Å². The van der Waals surface area contributed by atoms with Crippen LogP contribution in [0.15, 0.2) is 24.3 Å². The predicted molar refractivity (Wildman–Crippen MR) is 85.9 cm³/mol. The molecular formula is C17H28N2O2. The van der Waals surface area contributed by atoms with Gasteiger partial charge in [-0.3, -0.25) is 0 Å². The number of hydrogen-bond donors (Lipinski definition) is 1. The lowest BCUT2D eigenvalue weighted by atomic mass is 9.84. The summed E-state index contributed by atoms with van der Waals surface area (Å²) in [6.07, 6.45) is 2.48. The number of ether oxygens (including phenoxy) is 2. The fourth-order valence-corrected chi connectivity index (χ4v) is 3.01. The molecule has 118 valence electrons. The van der Waals surface area contributed by atoms with Crippen LogP contribution in [0.3, 0.4) is 0 Å². The van der Waals surface area contributed by atoms with Crippen molar-refractivity contribution >= 4 is 0 Å². The molecule has 1 atom stereocenters. The first-order valence-corrected chi connectivity index (χ1v) is 7.96. The molecule has 21 heavy (non-hydrogen) atoms. The molecule has 1 aliphatic heterocycles. The topological polar surface area (TPSA) is 47.7 Å². The van der Waals surface area contributed by atoms with Gasteiger partial charge in [-0.05, 0) is 69.2 Å². The van der Waals surface area contributed by atoms with Crippen molar-refractivity contribution in [3.63, 3.8) is 0 Å². The molecule has 0 aliphatic carbocycles. The van der Waals surface area contributed by atoms with Gasteiger partial charge in [0.2, 0.25) is 0 Å². The smallest absolute Gasteiger partial charge is 0.119 e. The summed E-state index contributed by atoms with van der Waals surface area (Å²) in [4.78, 5) is 2.51. The largest absolute Gasteiger partial charge is 0.497 e. The fraction of sp³-hybridized carbons (Fsp3) is 0.647. The third-order valence-corrected chi connectivity index (χ3v) is 4.57. The number of benzene rings is 1. The van der Waals surface area contributed by atoms with Crippen LogP contribution in [-0.4, -0.2) is 44.8 Å². The minimum atomic E-state index is 0.450. The van der Waals surface area contributed by atoms with E-state index in [9.17, 15) is 0 Å². The highest BCUT2D eigenvalue weighted by molar-refractivity contribution is 5.31. The lowest BCUT2D eigenvalue weighted by Crippen LogP contribution is -2.39. The van der Waals surface area contributed by atoms with Crippen molar-refractivity contribution in [2.75, 3.05) is 39.9 Å². The van der Waals surface area contributed by atoms with Crippen molar-refractivity contribution in [1.29, 1.82) is 0 Å². The molecule has 4 nitrogen and oxygen atoms in total. The van der Waals surface area contributed by atoms with E-state index in [1.165, 1.54) is 25.9 Å². The van der Waals surface area contributed by atoms with E-state index >= 15 is 0 Å². The van der Waals surface area contributed by atoms with Gasteiger partial charge >= 0.3 is 0 Å². The highest BCUT2D eigenvalue weighted by Crippen LogP contribution is 2.26. The number of methoxy groups -OCH3 is 1. The van der Waals surface area contributed by atoms with Crippen LogP contribution < -0.4 is 15.2 Å². The van der Waals surface area contributed by atoms with Crippen molar-refractivity contribution in [2.24, 2.45) is 17.6 Å². The third-order valence-electron chi connectivity index (χ3n) is 4.57. The first-order chi connectivity index (χ1) is 10.3. The second-order valence-electron chi connectivity index (χ2n) is 5.75. The number of likely N-dealkylation sites (tertiary alicyclic amines) is 1. The number of nitrogens with two attached hydrogens (primary N) is 1. The zero-order valence-corrected chi connectivity index (χ0v) is 13.3. The Hall–Kier alpha value is -1.26. The first kappa shape index (κ1) is 16.1. The number of rotatable bonds is 7. The van der Waals surface area contributed by atoms with Crippen molar-refractivity contribution in [2.45, 2.75) is 19.8 Å². The molecule has 1 saturated heterocycles. The number of nitrogens with zero attached hydrogens (tertiary/aromatic N) is 1. The minimum Gasteiger partial charge on any atom is -0.497 e. The molecule has 1 aromatic carbocycles. The van der Waals surface area contributed by atoms with Crippen molar-refractivity contribution < 1.29 is 9.47 Å². The van der Waals surface area contributed by atoms with E-state index in [0.717, 1.165) is 18.0 Å². The van der Waals surface area contributed by atoms with Crippen molar-refractivity contribution in [1.82, 2.24) is 4.90 Å². The summed E-state index contributed by atoms with van der Waals surface area (Å²) in [6.45, 7) is 7.18. The highest BCUT2D eigenvalue weighted by Gasteiger charge is 2.25. The summed E-state index contributed by atoms with van der Waals surface area (Å²) in [5, 5.41) is 0. The Bertz CT molecular complexity index is 400. The lowest BCUT2D eigenvalue weighted by Gasteiger charge is -2.35. The highest BCUT2D eigenvalue weighted by atomic mass is 16.5. The standard InChI is InChI=1S/C17H28N2O2/c1-3-19-10-8-14(9-11-19)15(12-18)13-21-17-6-4-16(20-2)5-7-17/h4-7,14-15H,3,8-13,18H2,1-2H3. The van der Waals surface area contributed by atoms with E-state index in [1.54, 1.807) is 7.11 Å². The van der Waals surface area contributed by atoms with E-state index in [0.29, 0.717) is 25.0 Å². The van der Waals surface area contributed by atoms with E-state index < -0.39 is 0 Å². The van der Waals surface area contributed by atoms with Crippen LogP contribution in [0.2, 0.25) is 0 Å². The van der Waals surface area contributed by atoms with Crippen LogP contribution in [0.4, 0.5) is 0 Å². The summed E-state index contributed by atoms with van der Waals surface area (Å²) in [7, 11) is 1.67. The lowest BCUT2D eigenvalue weighted by molar-refractivity contribution is 0.121. The molecule has 0 radical (unpaired) electrons. The SMILES string of the molecule is CCN1CCC(C(CN)COc2ccc(OC)cc2)CC1. The fourth-order valence-electron chi connectivity index (χ4n) is 3.01. The van der Waals surface area contributed by atoms with Gasteiger partial charge in [-0.25, -0.2) is 0 Å². The molecule has 0 bridgehead atoms. The van der Waals surface area contributed by atoms with Crippen LogP contribution in [0.1, 0.15) is 19.8 Å². The van der Waals surface area contributed by atoms with Crippen molar-refractivity contribution in [3.8, 4) is 11.5 Å². The van der Waals surface area contributed by atoms with Gasteiger partial charge in [0.25, 0.3) is 0 Å². The molecule has 0 spiro atoms. The Balaban J connectivity index is 1.81. The summed E-state index contributed by atoms with van der Waals surface area (Å²) in [5.41, 5.74) is 5.97. The Morgan fingerprint density at radius 2 is 1.81 bits per heavy atom. The Morgan fingerprint density at radius 3 is 2.33 bits per heavy atom. The summed E-state index contributed by atoms with van der Waals surface area (Å²) in [6, 6.07) is 7.75. The van der Waals surface area contributed by atoms with Gasteiger partial charge in [0.05, 0.1) is 13.7 Å². The van der Waals surface area contributed by atoms with Gasteiger partial charge in [0, 0.05) is 5.92 Å². The zero-order chi connectivity index (χ0) is 15.1. The van der Waals surface area contributed by atoms with Crippen molar-refractivity contribution in [3.05, 3.63) is 24.3 Å². The maximum Gasteiger partial charge on any atom is 0.119 e. The first-order valence-electron chi connectivity index (χ1n) is 7.96. The van der Waals surface area contributed by atoms with Gasteiger partial charge in [0.1, 0.15) is 11.5 Å². The average Bonchev–Trinajstić information content (AvgIpc) is 2.56. The molecule has 4 heteroatoms. The Morgan fingerprint density at radius 1 is 1.19 bits per heavy atom. The van der Waals surface area contributed by atoms with Crippen LogP contribution >= 0.6 is 0 Å². The average molecular weight is 292 g/mol. The molecule has 2 rings (SSSR count). The van der Waals surface area contributed by atoms with E-state index in [4.69, 9.17) is 15.2 Å². The molecule has 1 unspecified atom stereocenters. The van der Waals surface area contributed by atoms with Gasteiger partial charge in [-0.2, -0.15) is 0 Å². The number of piperidine rings is 1. The molecule has 2 N–H and O–H groups in total. The molecule has 1 aromatic rings. The zero-order valence-electron chi connectivity index (χ0n) is 13.3. The molecule has 0 amide bonds. The Kier molecular flexibility index (Phi) is 6.33. The van der Waals surface area contributed by atoms with Gasteiger partial charge < -0.3 is 20.1 Å². The monoisotopic (exact) mass is 292 g/mol. The molecule has 1 aliphatic rings. The van der Waals surface area contributed by atoms with E-state index in [1.807, 2.05) is 24.3 Å². The van der Waals surface area contributed by atoms with E-state index in [-0.39, 0.29) is 0 Å². The normalized spacial score (nSPS) is 18.4. The molecule has 1 fully saturated rings. The quantitative estimate of drug-likeness (QED) is 0.838. The van der Waals surface area contributed by atoms with Crippen LogP contribution in [-0.2, 0) is 0 Å². The molecule has 0 saturated carbocycles. The summed E-state index contributed by atoms with van der Waals surface area (Å²) in [5.74, 6) is 2.88. The predicted octanol–water partition coefficient (Wildman–Crippen LogP) is 2.38. The second kappa shape index (κ2) is 8.25. The summed E-state index contributed by atoms with van der Waals surface area (Å²) >= 11 is 0. The van der Waals surface area contributed by atoms with Crippen LogP contribution in [0, 0.1) is 11.8 Å². The molecule has 1 heterocycles. The number of hydrogen-bond acceptors (Lipinski definition) is 4. The van der Waals surface area contributed by atoms with Gasteiger partial charge in [-0.15, -0.1) is 0 Å². The summed E-state index contributed by atoms with van der Waals surface area (Å²) < 4.78 is 11.1. The van der Waals surface area contributed by atoms with Crippen LogP contribution in [0.25, 0.3) is 0 Å².